The fourth-order valence-electron chi connectivity index (χ4n) is 3.51. The largest absolute Gasteiger partial charge is 0.502 e. The van der Waals surface area contributed by atoms with Crippen LogP contribution in [0, 0.1) is 0 Å². The number of hydrogen-bond acceptors (Lipinski definition) is 9. The molecule has 34 heavy (non-hydrogen) atoms. The van der Waals surface area contributed by atoms with Crippen molar-refractivity contribution in [3.8, 4) is 23.0 Å². The number of fused-ring (bicyclic) bond motifs is 1. The lowest BCUT2D eigenvalue weighted by Crippen LogP contribution is -2.14. The van der Waals surface area contributed by atoms with Gasteiger partial charge >= 0.3 is 5.97 Å². The average molecular weight is 505 g/mol. The van der Waals surface area contributed by atoms with Crippen molar-refractivity contribution in [3.05, 3.63) is 74.8 Å². The van der Waals surface area contributed by atoms with Crippen molar-refractivity contribution in [2.45, 2.75) is 23.0 Å². The molecule has 10 heteroatoms. The lowest BCUT2D eigenvalue weighted by molar-refractivity contribution is -0.140. The maximum Gasteiger partial charge on any atom is 0.306 e. The van der Waals surface area contributed by atoms with Gasteiger partial charge in [-0.1, -0.05) is 11.6 Å². The van der Waals surface area contributed by atoms with Gasteiger partial charge in [-0.2, -0.15) is 0 Å². The molecule has 0 unspecified atom stereocenters. The average Bonchev–Trinajstić information content (AvgIpc) is 3.32. The summed E-state index contributed by atoms with van der Waals surface area (Å²) in [5, 5.41) is 11.2. The summed E-state index contributed by atoms with van der Waals surface area (Å²) < 4.78 is 27.1. The second-order valence-electron chi connectivity index (χ2n) is 7.32. The van der Waals surface area contributed by atoms with Gasteiger partial charge in [-0.25, -0.2) is 0 Å². The zero-order valence-corrected chi connectivity index (χ0v) is 19.9. The van der Waals surface area contributed by atoms with Crippen molar-refractivity contribution >= 4 is 29.3 Å². The summed E-state index contributed by atoms with van der Waals surface area (Å²) in [4.78, 5) is 25.8. The quantitative estimate of drug-likeness (QED) is 0.344. The van der Waals surface area contributed by atoms with Crippen LogP contribution >= 0.6 is 23.4 Å². The third-order valence-corrected chi connectivity index (χ3v) is 6.48. The molecule has 0 spiro atoms. The number of hydrogen-bond donors (Lipinski definition) is 1. The number of aromatic hydroxyl groups is 1. The molecule has 1 N–H and O–H groups in total. The smallest absolute Gasteiger partial charge is 0.306 e. The molecule has 1 aliphatic rings. The normalized spacial score (nSPS) is 12.9. The third kappa shape index (κ3) is 5.10. The zero-order valence-electron chi connectivity index (χ0n) is 18.3. The molecule has 1 aliphatic heterocycles. The number of benzene rings is 2. The van der Waals surface area contributed by atoms with Crippen molar-refractivity contribution in [3.63, 3.8) is 0 Å². The molecule has 2 aromatic carbocycles. The first-order valence-corrected chi connectivity index (χ1v) is 11.5. The van der Waals surface area contributed by atoms with Gasteiger partial charge in [0.25, 0.3) is 0 Å². The van der Waals surface area contributed by atoms with E-state index in [2.05, 4.69) is 0 Å². The number of ether oxygens (including phenoxy) is 4. The molecule has 0 saturated heterocycles. The number of methoxy groups -OCH3 is 2. The van der Waals surface area contributed by atoms with Crippen LogP contribution in [0.15, 0.2) is 56.6 Å². The van der Waals surface area contributed by atoms with E-state index in [1.165, 1.54) is 32.0 Å². The predicted molar refractivity (Wildman–Crippen MR) is 125 cm³/mol. The second-order valence-corrected chi connectivity index (χ2v) is 8.81. The van der Waals surface area contributed by atoms with E-state index in [1.807, 2.05) is 12.1 Å². The Hall–Kier alpha value is -3.30. The summed E-state index contributed by atoms with van der Waals surface area (Å²) in [5.41, 5.74) is -0.0945. The van der Waals surface area contributed by atoms with E-state index in [0.29, 0.717) is 39.3 Å². The van der Waals surface area contributed by atoms with Crippen molar-refractivity contribution in [2.75, 3.05) is 21.0 Å². The van der Waals surface area contributed by atoms with Gasteiger partial charge in [0.05, 0.1) is 32.3 Å². The molecule has 0 aliphatic carbocycles. The highest BCUT2D eigenvalue weighted by molar-refractivity contribution is 7.98. The molecule has 4 rings (SSSR count). The van der Waals surface area contributed by atoms with Gasteiger partial charge in [0.2, 0.25) is 23.7 Å². The van der Waals surface area contributed by atoms with Crippen molar-refractivity contribution in [2.24, 2.45) is 0 Å². The highest BCUT2D eigenvalue weighted by atomic mass is 35.5. The standard InChI is InChI=1S/C24H21ClO8S/c1-29-19-7-13(8-20-24(19)32-12-31-20)17(10-21(27)30-2)23-22(28)18(26)9-15(33-23)11-34-16-5-3-14(25)4-6-16/h3-9,17,28H,10-12H2,1-2H3/t17-/m0/s1. The third-order valence-electron chi connectivity index (χ3n) is 5.19. The molecule has 1 atom stereocenters. The summed E-state index contributed by atoms with van der Waals surface area (Å²) in [6, 6.07) is 11.8. The molecule has 0 bridgehead atoms. The number of esters is 1. The second kappa shape index (κ2) is 10.3. The Labute approximate surface area is 204 Å². The Bertz CT molecular complexity index is 1260. The Morgan fingerprint density at radius 3 is 2.65 bits per heavy atom. The van der Waals surface area contributed by atoms with Crippen LogP contribution in [-0.2, 0) is 15.3 Å². The predicted octanol–water partition coefficient (Wildman–Crippen LogP) is 4.72. The summed E-state index contributed by atoms with van der Waals surface area (Å²) in [6.45, 7) is 0.0224. The van der Waals surface area contributed by atoms with Gasteiger partial charge in [-0.15, -0.1) is 11.8 Å². The molecule has 0 amide bonds. The lowest BCUT2D eigenvalue weighted by atomic mass is 9.91. The lowest BCUT2D eigenvalue weighted by Gasteiger charge is -2.19. The topological polar surface area (TPSA) is 104 Å². The minimum Gasteiger partial charge on any atom is -0.502 e. The minimum absolute atomic E-state index is 0.0224. The SMILES string of the molecule is COC(=O)C[C@@H](c1cc(OC)c2c(c1)OCO2)c1oc(CSc2ccc(Cl)cc2)cc(=O)c1O. The van der Waals surface area contributed by atoms with Crippen LogP contribution in [0.25, 0.3) is 0 Å². The molecule has 178 valence electrons. The van der Waals surface area contributed by atoms with Gasteiger partial charge in [0, 0.05) is 16.0 Å². The van der Waals surface area contributed by atoms with Gasteiger partial charge in [-0.3, -0.25) is 9.59 Å². The van der Waals surface area contributed by atoms with Crippen LogP contribution in [0.1, 0.15) is 29.4 Å². The highest BCUT2D eigenvalue weighted by Crippen LogP contribution is 2.45. The summed E-state index contributed by atoms with van der Waals surface area (Å²) >= 11 is 7.36. The van der Waals surface area contributed by atoms with Crippen LogP contribution in [0.2, 0.25) is 5.02 Å². The minimum atomic E-state index is -0.843. The van der Waals surface area contributed by atoms with Crippen LogP contribution in [0.3, 0.4) is 0 Å². The van der Waals surface area contributed by atoms with Crippen LogP contribution in [0.5, 0.6) is 23.0 Å². The van der Waals surface area contributed by atoms with Crippen molar-refractivity contribution < 1.29 is 33.3 Å². The Morgan fingerprint density at radius 1 is 1.18 bits per heavy atom. The zero-order chi connectivity index (χ0) is 24.2. The highest BCUT2D eigenvalue weighted by Gasteiger charge is 2.30. The van der Waals surface area contributed by atoms with Crippen LogP contribution in [0.4, 0.5) is 0 Å². The fourth-order valence-corrected chi connectivity index (χ4v) is 4.42. The summed E-state index contributed by atoms with van der Waals surface area (Å²) in [6.07, 6.45) is -0.191. The Kier molecular flexibility index (Phi) is 7.23. The van der Waals surface area contributed by atoms with E-state index in [-0.39, 0.29) is 19.0 Å². The van der Waals surface area contributed by atoms with Crippen molar-refractivity contribution in [1.29, 1.82) is 0 Å². The molecule has 0 radical (unpaired) electrons. The molecule has 3 aromatic rings. The molecule has 2 heterocycles. The molecule has 0 saturated carbocycles. The molecular weight excluding hydrogens is 484 g/mol. The van der Waals surface area contributed by atoms with E-state index >= 15 is 0 Å². The first kappa shape index (κ1) is 23.8. The molecular formula is C24H21ClO8S. The molecule has 0 fully saturated rings. The Morgan fingerprint density at radius 2 is 1.94 bits per heavy atom. The van der Waals surface area contributed by atoms with Gasteiger partial charge in [-0.05, 0) is 42.0 Å². The van der Waals surface area contributed by atoms with Crippen LogP contribution in [-0.4, -0.2) is 32.1 Å². The number of thioether (sulfide) groups is 1. The van der Waals surface area contributed by atoms with Gasteiger partial charge in [0.15, 0.2) is 17.3 Å². The van der Waals surface area contributed by atoms with E-state index < -0.39 is 23.1 Å². The maximum absolute atomic E-state index is 12.6. The summed E-state index contributed by atoms with van der Waals surface area (Å²) in [7, 11) is 2.73. The van der Waals surface area contributed by atoms with Crippen LogP contribution < -0.4 is 19.6 Å². The van der Waals surface area contributed by atoms with Gasteiger partial charge in [0.1, 0.15) is 5.76 Å². The van der Waals surface area contributed by atoms with Gasteiger partial charge < -0.3 is 28.5 Å². The number of carbonyl (C=O) groups is 1. The summed E-state index contributed by atoms with van der Waals surface area (Å²) in [5.74, 6) is -0.136. The van der Waals surface area contributed by atoms with Crippen molar-refractivity contribution in [1.82, 2.24) is 0 Å². The number of rotatable bonds is 8. The van der Waals surface area contributed by atoms with E-state index in [0.717, 1.165) is 4.90 Å². The first-order valence-electron chi connectivity index (χ1n) is 10.2. The van der Waals surface area contributed by atoms with E-state index in [9.17, 15) is 14.7 Å². The Balaban J connectivity index is 1.73. The fraction of sp³-hybridized carbons (Fsp3) is 0.250. The number of carbonyl (C=O) groups excluding carboxylic acids is 1. The van der Waals surface area contributed by atoms with E-state index in [4.69, 9.17) is 35.0 Å². The van der Waals surface area contributed by atoms with E-state index in [1.54, 1.807) is 24.3 Å². The maximum atomic E-state index is 12.6. The molecule has 1 aromatic heterocycles. The monoisotopic (exact) mass is 504 g/mol. The molecule has 8 nitrogen and oxygen atoms in total. The number of halogens is 1. The first-order chi connectivity index (χ1) is 16.4.